The Labute approximate surface area is 154 Å². The molecule has 2 N–H and O–H groups in total. The molecule has 2 aromatic carbocycles. The third kappa shape index (κ3) is 4.63. The number of aryl methyl sites for hydroxylation is 1. The molecule has 0 bridgehead atoms. The molecule has 0 radical (unpaired) electrons. The molecule has 1 heterocycles. The SMILES string of the molecule is Cc1ccccc1Nc1cncc(C(=O)Nc2ccc(C(F)(F)F)cc2)c1. The fourth-order valence-corrected chi connectivity index (χ4v) is 2.45. The van der Waals surface area contributed by atoms with Gasteiger partial charge in [0.05, 0.1) is 23.0 Å². The number of carbonyl (C=O) groups is 1. The first-order valence-corrected chi connectivity index (χ1v) is 8.09. The van der Waals surface area contributed by atoms with E-state index in [9.17, 15) is 18.0 Å². The third-order valence-electron chi connectivity index (χ3n) is 3.89. The third-order valence-corrected chi connectivity index (χ3v) is 3.89. The normalized spacial score (nSPS) is 11.1. The average molecular weight is 371 g/mol. The number of halogens is 3. The summed E-state index contributed by atoms with van der Waals surface area (Å²) >= 11 is 0. The summed E-state index contributed by atoms with van der Waals surface area (Å²) in [5.74, 6) is -0.462. The summed E-state index contributed by atoms with van der Waals surface area (Å²) in [6.07, 6.45) is -1.44. The predicted molar refractivity (Wildman–Crippen MR) is 98.1 cm³/mol. The summed E-state index contributed by atoms with van der Waals surface area (Å²) < 4.78 is 37.8. The molecule has 0 unspecified atom stereocenters. The smallest absolute Gasteiger partial charge is 0.354 e. The Hall–Kier alpha value is -3.35. The maximum atomic E-state index is 12.6. The summed E-state index contributed by atoms with van der Waals surface area (Å²) in [6, 6.07) is 13.6. The first-order chi connectivity index (χ1) is 12.8. The van der Waals surface area contributed by atoms with Crippen molar-refractivity contribution in [1.82, 2.24) is 4.98 Å². The van der Waals surface area contributed by atoms with E-state index in [0.717, 1.165) is 23.4 Å². The number of nitrogens with zero attached hydrogens (tertiary/aromatic N) is 1. The molecule has 0 fully saturated rings. The fraction of sp³-hybridized carbons (Fsp3) is 0.100. The van der Waals surface area contributed by atoms with Crippen molar-refractivity contribution in [2.24, 2.45) is 0 Å². The van der Waals surface area contributed by atoms with Crippen molar-refractivity contribution in [3.63, 3.8) is 0 Å². The Morgan fingerprint density at radius 1 is 0.963 bits per heavy atom. The molecular formula is C20H16F3N3O. The van der Waals surface area contributed by atoms with Gasteiger partial charge in [-0.15, -0.1) is 0 Å². The van der Waals surface area contributed by atoms with Gasteiger partial charge in [-0.25, -0.2) is 0 Å². The number of alkyl halides is 3. The van der Waals surface area contributed by atoms with E-state index in [1.54, 1.807) is 12.3 Å². The van der Waals surface area contributed by atoms with Crippen LogP contribution in [0, 0.1) is 6.92 Å². The van der Waals surface area contributed by atoms with Crippen molar-refractivity contribution in [3.8, 4) is 0 Å². The highest BCUT2D eigenvalue weighted by Crippen LogP contribution is 2.30. The maximum Gasteiger partial charge on any atom is 0.416 e. The minimum atomic E-state index is -4.41. The van der Waals surface area contributed by atoms with Crippen LogP contribution >= 0.6 is 0 Å². The summed E-state index contributed by atoms with van der Waals surface area (Å²) in [6.45, 7) is 1.96. The van der Waals surface area contributed by atoms with Crippen molar-refractivity contribution < 1.29 is 18.0 Å². The summed E-state index contributed by atoms with van der Waals surface area (Å²) in [7, 11) is 0. The van der Waals surface area contributed by atoms with Crippen LogP contribution in [0.15, 0.2) is 67.0 Å². The van der Waals surface area contributed by atoms with Crippen LogP contribution in [-0.2, 0) is 6.18 Å². The second-order valence-electron chi connectivity index (χ2n) is 5.93. The van der Waals surface area contributed by atoms with E-state index >= 15 is 0 Å². The van der Waals surface area contributed by atoms with Gasteiger partial charge >= 0.3 is 6.18 Å². The van der Waals surface area contributed by atoms with Crippen molar-refractivity contribution in [3.05, 3.63) is 83.7 Å². The first-order valence-electron chi connectivity index (χ1n) is 8.09. The van der Waals surface area contributed by atoms with E-state index < -0.39 is 17.6 Å². The number of para-hydroxylation sites is 1. The lowest BCUT2D eigenvalue weighted by Crippen LogP contribution is -2.13. The second-order valence-corrected chi connectivity index (χ2v) is 5.93. The molecule has 0 saturated carbocycles. The maximum absolute atomic E-state index is 12.6. The molecule has 1 aromatic heterocycles. The minimum absolute atomic E-state index is 0.269. The van der Waals surface area contributed by atoms with Crippen LogP contribution in [0.1, 0.15) is 21.5 Å². The molecule has 0 atom stereocenters. The van der Waals surface area contributed by atoms with Gasteiger partial charge in [0, 0.05) is 17.6 Å². The number of rotatable bonds is 4. The number of carbonyl (C=O) groups excluding carboxylic acids is 1. The zero-order chi connectivity index (χ0) is 19.4. The Morgan fingerprint density at radius 2 is 1.67 bits per heavy atom. The minimum Gasteiger partial charge on any atom is -0.354 e. The molecule has 0 aliphatic carbocycles. The van der Waals surface area contributed by atoms with Crippen LogP contribution in [0.4, 0.5) is 30.2 Å². The van der Waals surface area contributed by atoms with Gasteiger partial charge in [0.2, 0.25) is 0 Å². The molecule has 4 nitrogen and oxygen atoms in total. The molecule has 1 amide bonds. The van der Waals surface area contributed by atoms with Crippen molar-refractivity contribution >= 4 is 23.0 Å². The van der Waals surface area contributed by atoms with E-state index in [4.69, 9.17) is 0 Å². The number of nitrogens with one attached hydrogen (secondary N) is 2. The topological polar surface area (TPSA) is 54.0 Å². The van der Waals surface area contributed by atoms with Crippen molar-refractivity contribution in [2.45, 2.75) is 13.1 Å². The monoisotopic (exact) mass is 371 g/mol. The summed E-state index contributed by atoms with van der Waals surface area (Å²) in [5.41, 5.74) is 2.34. The van der Waals surface area contributed by atoms with Gasteiger partial charge in [-0.1, -0.05) is 18.2 Å². The van der Waals surface area contributed by atoms with Gasteiger partial charge in [-0.05, 0) is 48.9 Å². The van der Waals surface area contributed by atoms with Gasteiger partial charge in [-0.2, -0.15) is 13.2 Å². The van der Waals surface area contributed by atoms with Gasteiger partial charge in [0.15, 0.2) is 0 Å². The molecule has 7 heteroatoms. The fourth-order valence-electron chi connectivity index (χ4n) is 2.45. The molecule has 0 aliphatic rings. The molecule has 3 aromatic rings. The standard InChI is InChI=1S/C20H16F3N3O/c1-13-4-2-3-5-18(13)25-17-10-14(11-24-12-17)19(27)26-16-8-6-15(7-9-16)20(21,22)23/h2-12,25H,1H3,(H,26,27). The van der Waals surface area contributed by atoms with Gasteiger partial charge in [0.1, 0.15) is 0 Å². The quantitative estimate of drug-likeness (QED) is 0.645. The Morgan fingerprint density at radius 3 is 2.33 bits per heavy atom. The summed E-state index contributed by atoms with van der Waals surface area (Å²) in [4.78, 5) is 16.4. The lowest BCUT2D eigenvalue weighted by Gasteiger charge is -2.11. The van der Waals surface area contributed by atoms with Gasteiger partial charge < -0.3 is 10.6 Å². The molecule has 3 rings (SSSR count). The van der Waals surface area contributed by atoms with E-state index in [2.05, 4.69) is 15.6 Å². The predicted octanol–water partition coefficient (Wildman–Crippen LogP) is 5.40. The van der Waals surface area contributed by atoms with Crippen LogP contribution < -0.4 is 10.6 Å². The summed E-state index contributed by atoms with van der Waals surface area (Å²) in [5, 5.41) is 5.75. The second kappa shape index (κ2) is 7.49. The van der Waals surface area contributed by atoms with Crippen LogP contribution in [0.2, 0.25) is 0 Å². The van der Waals surface area contributed by atoms with Crippen LogP contribution in [0.3, 0.4) is 0 Å². The number of benzene rings is 2. The zero-order valence-corrected chi connectivity index (χ0v) is 14.3. The van der Waals surface area contributed by atoms with Crippen LogP contribution in [0.5, 0.6) is 0 Å². The number of anilines is 3. The number of hydrogen-bond donors (Lipinski definition) is 2. The Kier molecular flexibility index (Phi) is 5.12. The highest BCUT2D eigenvalue weighted by atomic mass is 19.4. The number of aromatic nitrogens is 1. The van der Waals surface area contributed by atoms with Gasteiger partial charge in [0.25, 0.3) is 5.91 Å². The largest absolute Gasteiger partial charge is 0.416 e. The highest BCUT2D eigenvalue weighted by Gasteiger charge is 2.30. The molecule has 0 aliphatic heterocycles. The van der Waals surface area contributed by atoms with E-state index in [0.29, 0.717) is 5.69 Å². The molecule has 0 saturated heterocycles. The number of pyridine rings is 1. The van der Waals surface area contributed by atoms with E-state index in [1.165, 1.54) is 18.3 Å². The first kappa shape index (κ1) is 18.4. The molecule has 0 spiro atoms. The van der Waals surface area contributed by atoms with Gasteiger partial charge in [-0.3, -0.25) is 9.78 Å². The van der Waals surface area contributed by atoms with Crippen molar-refractivity contribution in [2.75, 3.05) is 10.6 Å². The number of hydrogen-bond acceptors (Lipinski definition) is 3. The Bertz CT molecular complexity index is 953. The lowest BCUT2D eigenvalue weighted by atomic mass is 10.1. The van der Waals surface area contributed by atoms with E-state index in [1.807, 2.05) is 31.2 Å². The van der Waals surface area contributed by atoms with E-state index in [-0.39, 0.29) is 11.3 Å². The zero-order valence-electron chi connectivity index (χ0n) is 14.3. The molecule has 138 valence electrons. The number of amides is 1. The molecular weight excluding hydrogens is 355 g/mol. The molecule has 27 heavy (non-hydrogen) atoms. The lowest BCUT2D eigenvalue weighted by molar-refractivity contribution is -0.137. The highest BCUT2D eigenvalue weighted by molar-refractivity contribution is 6.04. The van der Waals surface area contributed by atoms with Crippen LogP contribution in [0.25, 0.3) is 0 Å². The average Bonchev–Trinajstić information content (AvgIpc) is 2.63. The Balaban J connectivity index is 1.73. The van der Waals surface area contributed by atoms with Crippen LogP contribution in [-0.4, -0.2) is 10.9 Å². The van der Waals surface area contributed by atoms with Crippen molar-refractivity contribution in [1.29, 1.82) is 0 Å².